The second-order valence-electron chi connectivity index (χ2n) is 5.88. The summed E-state index contributed by atoms with van der Waals surface area (Å²) < 4.78 is 6.29. The SMILES string of the molecule is Clc1ccc(CN2CCN(Cc3csc(-c4ccco4)n3)CC2)s1. The van der Waals surface area contributed by atoms with E-state index in [4.69, 9.17) is 21.0 Å². The topological polar surface area (TPSA) is 32.5 Å². The fourth-order valence-corrected chi connectivity index (χ4v) is 4.79. The second kappa shape index (κ2) is 7.37. The molecule has 0 aliphatic carbocycles. The van der Waals surface area contributed by atoms with Crippen molar-refractivity contribution in [3.63, 3.8) is 0 Å². The summed E-state index contributed by atoms with van der Waals surface area (Å²) in [7, 11) is 0. The van der Waals surface area contributed by atoms with Crippen molar-refractivity contribution >= 4 is 34.3 Å². The molecule has 1 fully saturated rings. The summed E-state index contributed by atoms with van der Waals surface area (Å²) in [4.78, 5) is 11.0. The van der Waals surface area contributed by atoms with Crippen molar-refractivity contribution in [2.75, 3.05) is 26.2 Å². The molecule has 24 heavy (non-hydrogen) atoms. The first-order valence-corrected chi connectivity index (χ1v) is 10.0. The molecule has 0 N–H and O–H groups in total. The molecule has 1 aliphatic rings. The van der Waals surface area contributed by atoms with Crippen LogP contribution in [-0.4, -0.2) is 41.0 Å². The van der Waals surface area contributed by atoms with Crippen LogP contribution in [0.3, 0.4) is 0 Å². The van der Waals surface area contributed by atoms with Gasteiger partial charge in [0.1, 0.15) is 0 Å². The van der Waals surface area contributed by atoms with Crippen LogP contribution >= 0.6 is 34.3 Å². The van der Waals surface area contributed by atoms with E-state index < -0.39 is 0 Å². The van der Waals surface area contributed by atoms with Gasteiger partial charge in [0.25, 0.3) is 0 Å². The van der Waals surface area contributed by atoms with Crippen LogP contribution in [0.25, 0.3) is 10.8 Å². The number of nitrogens with zero attached hydrogens (tertiary/aromatic N) is 3. The van der Waals surface area contributed by atoms with Crippen LogP contribution < -0.4 is 0 Å². The lowest BCUT2D eigenvalue weighted by atomic mass is 10.3. The molecule has 0 amide bonds. The van der Waals surface area contributed by atoms with E-state index in [9.17, 15) is 0 Å². The molecular weight excluding hydrogens is 362 g/mol. The average Bonchev–Trinajstić information content (AvgIpc) is 3.31. The highest BCUT2D eigenvalue weighted by atomic mass is 35.5. The van der Waals surface area contributed by atoms with Gasteiger partial charge in [0.15, 0.2) is 10.8 Å². The van der Waals surface area contributed by atoms with E-state index in [0.717, 1.165) is 60.1 Å². The summed E-state index contributed by atoms with van der Waals surface area (Å²) in [6.45, 7) is 6.25. The number of thiazole rings is 1. The normalized spacial score (nSPS) is 16.7. The van der Waals surface area contributed by atoms with Gasteiger partial charge in [-0.1, -0.05) is 11.6 Å². The molecule has 7 heteroatoms. The molecule has 0 unspecified atom stereocenters. The molecule has 3 aromatic rings. The van der Waals surface area contributed by atoms with Gasteiger partial charge in [-0.3, -0.25) is 9.80 Å². The lowest BCUT2D eigenvalue weighted by Gasteiger charge is -2.34. The molecule has 0 atom stereocenters. The predicted octanol–water partition coefficient (Wildman–Crippen LogP) is 4.44. The minimum Gasteiger partial charge on any atom is -0.462 e. The minimum absolute atomic E-state index is 0.852. The summed E-state index contributed by atoms with van der Waals surface area (Å²) in [5.41, 5.74) is 1.13. The summed E-state index contributed by atoms with van der Waals surface area (Å²) in [5, 5.41) is 3.10. The molecule has 1 saturated heterocycles. The van der Waals surface area contributed by atoms with Gasteiger partial charge in [0.2, 0.25) is 0 Å². The molecule has 0 radical (unpaired) electrons. The van der Waals surface area contributed by atoms with Gasteiger partial charge >= 0.3 is 0 Å². The molecule has 0 bridgehead atoms. The van der Waals surface area contributed by atoms with Crippen molar-refractivity contribution < 1.29 is 4.42 Å². The van der Waals surface area contributed by atoms with Crippen molar-refractivity contribution in [1.82, 2.24) is 14.8 Å². The van der Waals surface area contributed by atoms with E-state index in [1.807, 2.05) is 18.2 Å². The smallest absolute Gasteiger partial charge is 0.162 e. The molecular formula is C17H18ClN3OS2. The summed E-state index contributed by atoms with van der Waals surface area (Å²) >= 11 is 9.34. The zero-order chi connectivity index (χ0) is 16.4. The number of piperazine rings is 1. The van der Waals surface area contributed by atoms with Crippen molar-refractivity contribution in [2.24, 2.45) is 0 Å². The van der Waals surface area contributed by atoms with E-state index in [1.54, 1.807) is 28.9 Å². The third-order valence-corrected chi connectivity index (χ3v) is 6.26. The number of thiophene rings is 1. The molecule has 4 rings (SSSR count). The number of halogens is 1. The molecule has 4 nitrogen and oxygen atoms in total. The number of furan rings is 1. The van der Waals surface area contributed by atoms with Gasteiger partial charge in [-0.2, -0.15) is 0 Å². The van der Waals surface area contributed by atoms with Gasteiger partial charge < -0.3 is 4.42 Å². The van der Waals surface area contributed by atoms with Gasteiger partial charge in [-0.15, -0.1) is 22.7 Å². The Labute approximate surface area is 154 Å². The first kappa shape index (κ1) is 16.3. The van der Waals surface area contributed by atoms with Crippen LogP contribution in [0.5, 0.6) is 0 Å². The Balaban J connectivity index is 1.29. The predicted molar refractivity (Wildman–Crippen MR) is 99.7 cm³/mol. The number of aromatic nitrogens is 1. The Morgan fingerprint density at radius 3 is 2.54 bits per heavy atom. The Kier molecular flexibility index (Phi) is 5.01. The van der Waals surface area contributed by atoms with Crippen LogP contribution in [0.15, 0.2) is 40.3 Å². The lowest BCUT2D eigenvalue weighted by Crippen LogP contribution is -2.45. The third kappa shape index (κ3) is 3.90. The van der Waals surface area contributed by atoms with E-state index in [2.05, 4.69) is 21.2 Å². The highest BCUT2D eigenvalue weighted by Crippen LogP contribution is 2.25. The summed E-state index contributed by atoms with van der Waals surface area (Å²) in [6.07, 6.45) is 1.69. The summed E-state index contributed by atoms with van der Waals surface area (Å²) in [6, 6.07) is 7.97. The Bertz CT molecular complexity index is 775. The maximum absolute atomic E-state index is 6.01. The number of hydrogen-bond acceptors (Lipinski definition) is 6. The summed E-state index contributed by atoms with van der Waals surface area (Å²) in [5.74, 6) is 0.852. The van der Waals surface area contributed by atoms with Crippen molar-refractivity contribution in [3.8, 4) is 10.8 Å². The van der Waals surface area contributed by atoms with Gasteiger partial charge in [0.05, 0.1) is 16.3 Å². The largest absolute Gasteiger partial charge is 0.462 e. The molecule has 0 aromatic carbocycles. The molecule has 1 aliphatic heterocycles. The van der Waals surface area contributed by atoms with E-state index in [-0.39, 0.29) is 0 Å². The van der Waals surface area contributed by atoms with Crippen molar-refractivity contribution in [2.45, 2.75) is 13.1 Å². The lowest BCUT2D eigenvalue weighted by molar-refractivity contribution is 0.122. The molecule has 0 spiro atoms. The molecule has 0 saturated carbocycles. The number of rotatable bonds is 5. The second-order valence-corrected chi connectivity index (χ2v) is 8.54. The number of hydrogen-bond donors (Lipinski definition) is 0. The van der Waals surface area contributed by atoms with Crippen molar-refractivity contribution in [3.05, 3.63) is 50.8 Å². The third-order valence-electron chi connectivity index (χ3n) is 4.14. The molecule has 4 heterocycles. The van der Waals surface area contributed by atoms with Crippen LogP contribution in [0, 0.1) is 0 Å². The van der Waals surface area contributed by atoms with Crippen LogP contribution in [0.4, 0.5) is 0 Å². The highest BCUT2D eigenvalue weighted by molar-refractivity contribution is 7.16. The van der Waals surface area contributed by atoms with Gasteiger partial charge in [0, 0.05) is 49.5 Å². The zero-order valence-corrected chi connectivity index (χ0v) is 15.5. The Morgan fingerprint density at radius 2 is 1.88 bits per heavy atom. The van der Waals surface area contributed by atoms with Crippen molar-refractivity contribution in [1.29, 1.82) is 0 Å². The van der Waals surface area contributed by atoms with Gasteiger partial charge in [-0.25, -0.2) is 4.98 Å². The molecule has 126 valence electrons. The first-order chi connectivity index (χ1) is 11.8. The van der Waals surface area contributed by atoms with E-state index >= 15 is 0 Å². The zero-order valence-electron chi connectivity index (χ0n) is 13.2. The fraction of sp³-hybridized carbons (Fsp3) is 0.353. The van der Waals surface area contributed by atoms with Crippen LogP contribution in [-0.2, 0) is 13.1 Å². The highest BCUT2D eigenvalue weighted by Gasteiger charge is 2.19. The fourth-order valence-electron chi connectivity index (χ4n) is 2.88. The Morgan fingerprint density at radius 1 is 1.08 bits per heavy atom. The standard InChI is InChI=1S/C17H18ClN3OS2/c18-16-4-3-14(24-16)11-21-7-5-20(6-8-21)10-13-12-23-17(19-13)15-2-1-9-22-15/h1-4,9,12H,5-8,10-11H2. The average molecular weight is 380 g/mol. The molecule has 3 aromatic heterocycles. The quantitative estimate of drug-likeness (QED) is 0.656. The Hall–Kier alpha value is -1.18. The maximum Gasteiger partial charge on any atom is 0.162 e. The van der Waals surface area contributed by atoms with E-state index in [0.29, 0.717) is 0 Å². The van der Waals surface area contributed by atoms with E-state index in [1.165, 1.54) is 4.88 Å². The maximum atomic E-state index is 6.01. The minimum atomic E-state index is 0.852. The van der Waals surface area contributed by atoms with Crippen LogP contribution in [0.2, 0.25) is 4.34 Å². The first-order valence-electron chi connectivity index (χ1n) is 7.93. The monoisotopic (exact) mass is 379 g/mol. The van der Waals surface area contributed by atoms with Crippen LogP contribution in [0.1, 0.15) is 10.6 Å². The van der Waals surface area contributed by atoms with Gasteiger partial charge in [-0.05, 0) is 24.3 Å².